The summed E-state index contributed by atoms with van der Waals surface area (Å²) in [5, 5.41) is 5.33. The number of aromatic amines is 1. The first-order valence-electron chi connectivity index (χ1n) is 11.6. The van der Waals surface area contributed by atoms with Crippen molar-refractivity contribution >= 4 is 28.2 Å². The van der Waals surface area contributed by atoms with E-state index < -0.39 is 0 Å². The van der Waals surface area contributed by atoms with Gasteiger partial charge in [-0.1, -0.05) is 0 Å². The zero-order valence-electron chi connectivity index (χ0n) is 22.0. The Morgan fingerprint density at radius 3 is 2.17 bits per heavy atom. The molecule has 7 nitrogen and oxygen atoms in total. The Labute approximate surface area is 213 Å². The summed E-state index contributed by atoms with van der Waals surface area (Å²) >= 11 is 5.86. The van der Waals surface area contributed by atoms with Crippen LogP contribution < -0.4 is 24.3 Å². The number of methoxy groups -OCH3 is 4. The lowest BCUT2D eigenvalue weighted by molar-refractivity contribution is 0.322. The van der Waals surface area contributed by atoms with Crippen LogP contribution in [0.5, 0.6) is 23.0 Å². The SMILES string of the molecule is COc1ccc2[nH]c(C)c(CCN(Cc3cc(OC)c(OC)c(OC)c3)C(=S)NC(C)(C)C)c2c1. The lowest BCUT2D eigenvalue weighted by Crippen LogP contribution is -2.48. The van der Waals surface area contributed by atoms with Crippen molar-refractivity contribution in [2.75, 3.05) is 35.0 Å². The molecule has 0 saturated heterocycles. The van der Waals surface area contributed by atoms with Gasteiger partial charge in [0, 0.05) is 35.2 Å². The number of benzene rings is 2. The van der Waals surface area contributed by atoms with E-state index in [1.54, 1.807) is 28.4 Å². The number of ether oxygens (including phenoxy) is 4. The number of hydrogen-bond donors (Lipinski definition) is 2. The van der Waals surface area contributed by atoms with Gasteiger partial charge >= 0.3 is 0 Å². The van der Waals surface area contributed by atoms with E-state index in [1.807, 2.05) is 18.2 Å². The monoisotopic (exact) mass is 499 g/mol. The Morgan fingerprint density at radius 2 is 1.63 bits per heavy atom. The van der Waals surface area contributed by atoms with Crippen molar-refractivity contribution in [3.63, 3.8) is 0 Å². The number of nitrogens with one attached hydrogen (secondary N) is 2. The van der Waals surface area contributed by atoms with Gasteiger partial charge in [-0.2, -0.15) is 0 Å². The zero-order valence-corrected chi connectivity index (χ0v) is 22.8. The molecule has 8 heteroatoms. The highest BCUT2D eigenvalue weighted by molar-refractivity contribution is 7.80. The van der Waals surface area contributed by atoms with E-state index in [0.29, 0.717) is 28.9 Å². The highest BCUT2D eigenvalue weighted by atomic mass is 32.1. The Balaban J connectivity index is 1.92. The number of H-pyrrole nitrogens is 1. The van der Waals surface area contributed by atoms with Crippen LogP contribution in [0.15, 0.2) is 30.3 Å². The molecule has 1 aromatic heterocycles. The molecular weight excluding hydrogens is 462 g/mol. The van der Waals surface area contributed by atoms with Crippen LogP contribution >= 0.6 is 12.2 Å². The second-order valence-corrected chi connectivity index (χ2v) is 9.91. The quantitative estimate of drug-likeness (QED) is 0.391. The highest BCUT2D eigenvalue weighted by Gasteiger charge is 2.20. The highest BCUT2D eigenvalue weighted by Crippen LogP contribution is 2.38. The summed E-state index contributed by atoms with van der Waals surface area (Å²) in [5.41, 5.74) is 4.36. The van der Waals surface area contributed by atoms with Crippen molar-refractivity contribution in [2.24, 2.45) is 0 Å². The van der Waals surface area contributed by atoms with Crippen molar-refractivity contribution in [3.8, 4) is 23.0 Å². The van der Waals surface area contributed by atoms with Gasteiger partial charge in [0.25, 0.3) is 0 Å². The summed E-state index contributed by atoms with van der Waals surface area (Å²) in [4.78, 5) is 5.67. The Bertz CT molecular complexity index is 1160. The molecule has 0 radical (unpaired) electrons. The third-order valence-corrected chi connectivity index (χ3v) is 6.19. The molecule has 0 saturated carbocycles. The first kappa shape index (κ1) is 26.5. The smallest absolute Gasteiger partial charge is 0.203 e. The maximum Gasteiger partial charge on any atom is 0.203 e. The van der Waals surface area contributed by atoms with Gasteiger partial charge in [-0.3, -0.25) is 0 Å². The van der Waals surface area contributed by atoms with Crippen LogP contribution in [0.25, 0.3) is 10.9 Å². The van der Waals surface area contributed by atoms with Crippen molar-refractivity contribution in [3.05, 3.63) is 47.2 Å². The van der Waals surface area contributed by atoms with E-state index in [9.17, 15) is 0 Å². The molecule has 0 spiro atoms. The van der Waals surface area contributed by atoms with Gasteiger partial charge in [0.1, 0.15) is 5.75 Å². The first-order chi connectivity index (χ1) is 16.6. The van der Waals surface area contributed by atoms with Crippen LogP contribution in [0.4, 0.5) is 0 Å². The molecule has 0 aliphatic heterocycles. The molecule has 3 rings (SSSR count). The van der Waals surface area contributed by atoms with Crippen LogP contribution in [-0.2, 0) is 13.0 Å². The largest absolute Gasteiger partial charge is 0.497 e. The van der Waals surface area contributed by atoms with E-state index in [2.05, 4.69) is 55.0 Å². The maximum atomic E-state index is 5.86. The minimum atomic E-state index is -0.158. The van der Waals surface area contributed by atoms with Crippen molar-refractivity contribution in [2.45, 2.75) is 46.2 Å². The molecule has 2 aromatic carbocycles. The second-order valence-electron chi connectivity index (χ2n) is 9.53. The summed E-state index contributed by atoms with van der Waals surface area (Å²) in [5.74, 6) is 2.66. The number of fused-ring (bicyclic) bond motifs is 1. The molecule has 0 fully saturated rings. The summed E-state index contributed by atoms with van der Waals surface area (Å²) < 4.78 is 22.1. The zero-order chi connectivity index (χ0) is 25.8. The maximum absolute atomic E-state index is 5.86. The van der Waals surface area contributed by atoms with E-state index in [4.69, 9.17) is 31.2 Å². The molecule has 3 aromatic rings. The second kappa shape index (κ2) is 11.1. The molecule has 190 valence electrons. The van der Waals surface area contributed by atoms with Crippen LogP contribution in [0.1, 0.15) is 37.6 Å². The molecule has 35 heavy (non-hydrogen) atoms. The molecule has 0 atom stereocenters. The number of thiocarbonyl (C=S) groups is 1. The molecule has 0 aliphatic rings. The predicted molar refractivity (Wildman–Crippen MR) is 145 cm³/mol. The molecule has 2 N–H and O–H groups in total. The molecule has 0 aliphatic carbocycles. The first-order valence-corrected chi connectivity index (χ1v) is 12.0. The Hall–Kier alpha value is -3.13. The summed E-state index contributed by atoms with van der Waals surface area (Å²) in [6, 6.07) is 10.1. The lowest BCUT2D eigenvalue weighted by Gasteiger charge is -2.31. The van der Waals surface area contributed by atoms with Gasteiger partial charge in [-0.15, -0.1) is 0 Å². The Kier molecular flexibility index (Phi) is 8.38. The molecule has 1 heterocycles. The minimum Gasteiger partial charge on any atom is -0.497 e. The van der Waals surface area contributed by atoms with E-state index in [1.165, 1.54) is 10.9 Å². The van der Waals surface area contributed by atoms with Crippen LogP contribution in [0.3, 0.4) is 0 Å². The third-order valence-electron chi connectivity index (χ3n) is 5.83. The van der Waals surface area contributed by atoms with Gasteiger partial charge < -0.3 is 34.1 Å². The van der Waals surface area contributed by atoms with Gasteiger partial charge in [-0.05, 0) is 87.8 Å². The summed E-state index contributed by atoms with van der Waals surface area (Å²) in [7, 11) is 6.54. The average molecular weight is 500 g/mol. The fourth-order valence-electron chi connectivity index (χ4n) is 4.16. The van der Waals surface area contributed by atoms with Crippen LogP contribution in [0.2, 0.25) is 0 Å². The van der Waals surface area contributed by atoms with Crippen molar-refractivity contribution in [1.29, 1.82) is 0 Å². The molecule has 0 bridgehead atoms. The number of aryl methyl sites for hydroxylation is 1. The van der Waals surface area contributed by atoms with Gasteiger partial charge in [0.15, 0.2) is 16.6 Å². The number of rotatable bonds is 9. The van der Waals surface area contributed by atoms with Crippen molar-refractivity contribution < 1.29 is 18.9 Å². The normalized spacial score (nSPS) is 11.3. The molecular formula is C27H37N3O4S. The van der Waals surface area contributed by atoms with Gasteiger partial charge in [0.2, 0.25) is 5.75 Å². The molecule has 0 amide bonds. The minimum absolute atomic E-state index is 0.158. The fraction of sp³-hybridized carbons (Fsp3) is 0.444. The average Bonchev–Trinajstić information content (AvgIpc) is 3.13. The fourth-order valence-corrected chi connectivity index (χ4v) is 4.62. The van der Waals surface area contributed by atoms with Crippen LogP contribution in [0, 0.1) is 6.92 Å². The lowest BCUT2D eigenvalue weighted by atomic mass is 10.1. The van der Waals surface area contributed by atoms with E-state index in [-0.39, 0.29) is 5.54 Å². The molecule has 0 unspecified atom stereocenters. The number of aromatic nitrogens is 1. The summed E-state index contributed by atoms with van der Waals surface area (Å²) in [6.07, 6.45) is 0.815. The summed E-state index contributed by atoms with van der Waals surface area (Å²) in [6.45, 7) is 9.73. The van der Waals surface area contributed by atoms with Crippen LogP contribution in [-0.4, -0.2) is 55.5 Å². The number of hydrogen-bond acceptors (Lipinski definition) is 5. The van der Waals surface area contributed by atoms with E-state index in [0.717, 1.165) is 35.5 Å². The topological polar surface area (TPSA) is 68.0 Å². The third kappa shape index (κ3) is 6.31. The Morgan fingerprint density at radius 1 is 0.971 bits per heavy atom. The number of nitrogens with zero attached hydrogens (tertiary/aromatic N) is 1. The van der Waals surface area contributed by atoms with Gasteiger partial charge in [-0.25, -0.2) is 0 Å². The van der Waals surface area contributed by atoms with Gasteiger partial charge in [0.05, 0.1) is 28.4 Å². The van der Waals surface area contributed by atoms with Crippen molar-refractivity contribution in [1.82, 2.24) is 15.2 Å². The standard InChI is InChI=1S/C27H37N3O4S/c1-17-20(21-15-19(31-5)9-10-22(21)28-17)11-12-30(26(35)29-27(2,3)4)16-18-13-23(32-6)25(34-8)24(14-18)33-7/h9-10,13-15,28H,11-12,16H2,1-8H3,(H,29,35). The van der Waals surface area contributed by atoms with E-state index >= 15 is 0 Å². The predicted octanol–water partition coefficient (Wildman–Crippen LogP) is 5.23.